The molecule has 0 unspecified atom stereocenters. The van der Waals surface area contributed by atoms with Crippen LogP contribution in [0.15, 0.2) is 54.6 Å². The van der Waals surface area contributed by atoms with Gasteiger partial charge in [-0.3, -0.25) is 9.59 Å². The molecule has 0 spiro atoms. The molecule has 5 heteroatoms. The average molecular weight is 311 g/mol. The molecule has 0 atom stereocenters. The van der Waals surface area contributed by atoms with Crippen molar-refractivity contribution in [1.29, 1.82) is 0 Å². The van der Waals surface area contributed by atoms with Crippen LogP contribution >= 0.6 is 0 Å². The van der Waals surface area contributed by atoms with Gasteiger partial charge in [0.15, 0.2) is 0 Å². The highest BCUT2D eigenvalue weighted by molar-refractivity contribution is 5.95. The van der Waals surface area contributed by atoms with Crippen LogP contribution in [0.2, 0.25) is 0 Å². The first-order valence-corrected chi connectivity index (χ1v) is 7.47. The van der Waals surface area contributed by atoms with Crippen molar-refractivity contribution in [3.8, 4) is 0 Å². The third kappa shape index (κ3) is 4.85. The van der Waals surface area contributed by atoms with Crippen molar-refractivity contribution in [2.45, 2.75) is 0 Å². The summed E-state index contributed by atoms with van der Waals surface area (Å²) in [5, 5.41) is 5.56. The molecule has 0 saturated heterocycles. The van der Waals surface area contributed by atoms with Gasteiger partial charge in [0.05, 0.1) is 0 Å². The number of benzene rings is 2. The summed E-state index contributed by atoms with van der Waals surface area (Å²) in [6, 6.07) is 16.3. The highest BCUT2D eigenvalue weighted by Crippen LogP contribution is 2.11. The van der Waals surface area contributed by atoms with Gasteiger partial charge in [-0.05, 0) is 36.4 Å². The minimum absolute atomic E-state index is 0.143. The molecule has 2 rings (SSSR count). The summed E-state index contributed by atoms with van der Waals surface area (Å²) in [7, 11) is 3.90. The van der Waals surface area contributed by atoms with E-state index in [1.54, 1.807) is 24.3 Å². The second kappa shape index (κ2) is 7.98. The molecule has 0 aliphatic rings. The van der Waals surface area contributed by atoms with E-state index in [1.165, 1.54) is 0 Å². The monoisotopic (exact) mass is 311 g/mol. The molecular weight excluding hydrogens is 290 g/mol. The van der Waals surface area contributed by atoms with Gasteiger partial charge in [-0.1, -0.05) is 18.2 Å². The van der Waals surface area contributed by atoms with Gasteiger partial charge in [-0.2, -0.15) is 0 Å². The van der Waals surface area contributed by atoms with Crippen LogP contribution in [0.5, 0.6) is 0 Å². The molecule has 120 valence electrons. The number of nitrogens with one attached hydrogen (secondary N) is 2. The summed E-state index contributed by atoms with van der Waals surface area (Å²) in [6.45, 7) is 0.766. The number of hydrogen-bond donors (Lipinski definition) is 2. The van der Waals surface area contributed by atoms with Crippen molar-refractivity contribution >= 4 is 17.5 Å². The molecule has 5 nitrogen and oxygen atoms in total. The van der Waals surface area contributed by atoms with Crippen LogP contribution in [0, 0.1) is 0 Å². The van der Waals surface area contributed by atoms with E-state index in [1.807, 2.05) is 49.3 Å². The highest BCUT2D eigenvalue weighted by atomic mass is 16.2. The molecule has 0 bridgehead atoms. The average Bonchev–Trinajstić information content (AvgIpc) is 2.59. The molecule has 0 fully saturated rings. The normalized spacial score (nSPS) is 10.0. The second-order valence-corrected chi connectivity index (χ2v) is 5.32. The summed E-state index contributed by atoms with van der Waals surface area (Å²) in [5.41, 5.74) is 2.25. The van der Waals surface area contributed by atoms with Gasteiger partial charge in [0, 0.05) is 44.0 Å². The van der Waals surface area contributed by atoms with E-state index in [9.17, 15) is 9.59 Å². The van der Waals surface area contributed by atoms with Gasteiger partial charge in [0.25, 0.3) is 11.8 Å². The maximum atomic E-state index is 12.0. The molecule has 2 N–H and O–H groups in total. The fraction of sp³-hybridized carbons (Fsp3) is 0.222. The van der Waals surface area contributed by atoms with Crippen LogP contribution in [0.4, 0.5) is 5.69 Å². The maximum absolute atomic E-state index is 12.0. The Balaban J connectivity index is 1.75. The van der Waals surface area contributed by atoms with E-state index < -0.39 is 0 Å². The lowest BCUT2D eigenvalue weighted by molar-refractivity contribution is 0.0927. The van der Waals surface area contributed by atoms with Crippen LogP contribution in [0.25, 0.3) is 0 Å². The fourth-order valence-electron chi connectivity index (χ4n) is 2.06. The SMILES string of the molecule is CN(C)c1ccc(C(=O)NCCNC(=O)c2ccccc2)cc1. The third-order valence-corrected chi connectivity index (χ3v) is 3.38. The highest BCUT2D eigenvalue weighted by Gasteiger charge is 2.06. The topological polar surface area (TPSA) is 61.4 Å². The zero-order valence-electron chi connectivity index (χ0n) is 13.4. The summed E-state index contributed by atoms with van der Waals surface area (Å²) in [6.07, 6.45) is 0. The molecule has 0 aliphatic heterocycles. The summed E-state index contributed by atoms with van der Waals surface area (Å²) < 4.78 is 0. The van der Waals surface area contributed by atoms with Gasteiger partial charge >= 0.3 is 0 Å². The van der Waals surface area contributed by atoms with Crippen molar-refractivity contribution in [2.24, 2.45) is 0 Å². The maximum Gasteiger partial charge on any atom is 0.251 e. The van der Waals surface area contributed by atoms with Crippen LogP contribution in [-0.2, 0) is 0 Å². The van der Waals surface area contributed by atoms with Gasteiger partial charge < -0.3 is 15.5 Å². The summed E-state index contributed by atoms with van der Waals surface area (Å²) in [5.74, 6) is -0.292. The second-order valence-electron chi connectivity index (χ2n) is 5.32. The summed E-state index contributed by atoms with van der Waals surface area (Å²) >= 11 is 0. The van der Waals surface area contributed by atoms with Crippen molar-refractivity contribution in [3.63, 3.8) is 0 Å². The van der Waals surface area contributed by atoms with Crippen LogP contribution < -0.4 is 15.5 Å². The first kappa shape index (κ1) is 16.5. The first-order valence-electron chi connectivity index (χ1n) is 7.47. The van der Waals surface area contributed by atoms with E-state index in [0.717, 1.165) is 5.69 Å². The molecule has 0 saturated carbocycles. The smallest absolute Gasteiger partial charge is 0.251 e. The van der Waals surface area contributed by atoms with Gasteiger partial charge in [-0.25, -0.2) is 0 Å². The third-order valence-electron chi connectivity index (χ3n) is 3.38. The zero-order valence-corrected chi connectivity index (χ0v) is 13.4. The Morgan fingerprint density at radius 2 is 1.26 bits per heavy atom. The lowest BCUT2D eigenvalue weighted by Gasteiger charge is -2.12. The van der Waals surface area contributed by atoms with Crippen LogP contribution in [-0.4, -0.2) is 39.0 Å². The number of hydrogen-bond acceptors (Lipinski definition) is 3. The Hall–Kier alpha value is -2.82. The van der Waals surface area contributed by atoms with Gasteiger partial charge in [-0.15, -0.1) is 0 Å². The molecule has 2 aromatic carbocycles. The van der Waals surface area contributed by atoms with Gasteiger partial charge in [0.1, 0.15) is 0 Å². The fourth-order valence-corrected chi connectivity index (χ4v) is 2.06. The Morgan fingerprint density at radius 1 is 0.783 bits per heavy atom. The molecule has 0 heterocycles. The Labute approximate surface area is 136 Å². The molecule has 2 amide bonds. The van der Waals surface area contributed by atoms with E-state index >= 15 is 0 Å². The zero-order chi connectivity index (χ0) is 16.7. The molecular formula is C18H21N3O2. The van der Waals surface area contributed by atoms with E-state index in [0.29, 0.717) is 24.2 Å². The van der Waals surface area contributed by atoms with Crippen molar-refractivity contribution in [1.82, 2.24) is 10.6 Å². The minimum atomic E-state index is -0.149. The molecule has 0 aromatic heterocycles. The number of anilines is 1. The lowest BCUT2D eigenvalue weighted by Crippen LogP contribution is -2.34. The molecule has 0 aliphatic carbocycles. The van der Waals surface area contributed by atoms with Crippen LogP contribution in [0.3, 0.4) is 0 Å². The number of carbonyl (C=O) groups excluding carboxylic acids is 2. The largest absolute Gasteiger partial charge is 0.378 e. The quantitative estimate of drug-likeness (QED) is 0.801. The number of amides is 2. The molecule has 2 aromatic rings. The van der Waals surface area contributed by atoms with Crippen LogP contribution in [0.1, 0.15) is 20.7 Å². The number of rotatable bonds is 6. The summed E-state index contributed by atoms with van der Waals surface area (Å²) in [4.78, 5) is 25.8. The Morgan fingerprint density at radius 3 is 1.74 bits per heavy atom. The number of carbonyl (C=O) groups is 2. The lowest BCUT2D eigenvalue weighted by atomic mass is 10.2. The minimum Gasteiger partial charge on any atom is -0.378 e. The Kier molecular flexibility index (Phi) is 5.74. The number of nitrogens with zero attached hydrogens (tertiary/aromatic N) is 1. The standard InChI is InChI=1S/C18H21N3O2/c1-21(2)16-10-8-15(9-11-16)18(23)20-13-12-19-17(22)14-6-4-3-5-7-14/h3-11H,12-13H2,1-2H3,(H,19,22)(H,20,23). The predicted octanol–water partition coefficient (Wildman–Crippen LogP) is 1.91. The molecule has 23 heavy (non-hydrogen) atoms. The van der Waals surface area contributed by atoms with E-state index in [4.69, 9.17) is 0 Å². The Bertz CT molecular complexity index is 652. The van der Waals surface area contributed by atoms with Crippen molar-refractivity contribution in [2.75, 3.05) is 32.1 Å². The van der Waals surface area contributed by atoms with Gasteiger partial charge in [0.2, 0.25) is 0 Å². The van der Waals surface area contributed by atoms with Crippen molar-refractivity contribution in [3.05, 3.63) is 65.7 Å². The predicted molar refractivity (Wildman–Crippen MR) is 91.9 cm³/mol. The van der Waals surface area contributed by atoms with Crippen molar-refractivity contribution < 1.29 is 9.59 Å². The van der Waals surface area contributed by atoms with E-state index in [-0.39, 0.29) is 11.8 Å². The first-order chi connectivity index (χ1) is 11.1. The molecule has 0 radical (unpaired) electrons. The van der Waals surface area contributed by atoms with E-state index in [2.05, 4.69) is 10.6 Å².